The van der Waals surface area contributed by atoms with E-state index in [4.69, 9.17) is 0 Å². The summed E-state index contributed by atoms with van der Waals surface area (Å²) in [5.74, 6) is 0. The zero-order valence-electron chi connectivity index (χ0n) is 30.3. The van der Waals surface area contributed by atoms with Gasteiger partial charge in [0.1, 0.15) is 0 Å². The normalized spacial score (nSPS) is 15.6. The first-order chi connectivity index (χ1) is 19.6. The number of hydrogen-bond donors (Lipinski definition) is 0. The molecule has 4 rings (SSSR count). The van der Waals surface area contributed by atoms with Crippen LogP contribution in [0.5, 0.6) is 0 Å². The first kappa shape index (κ1) is 33.9. The Labute approximate surface area is 268 Å². The van der Waals surface area contributed by atoms with Gasteiger partial charge in [0, 0.05) is 5.54 Å². The molecule has 0 bridgehead atoms. The fourth-order valence-corrected chi connectivity index (χ4v) is 23.6. The Hall–Kier alpha value is -1.99. The summed E-state index contributed by atoms with van der Waals surface area (Å²) in [6, 6.07) is 23.0. The molecule has 0 N–H and O–H groups in total. The summed E-state index contributed by atoms with van der Waals surface area (Å²) in [5, 5.41) is 10.1. The first-order valence-corrected chi connectivity index (χ1v) is 28.9. The highest BCUT2D eigenvalue weighted by molar-refractivity contribution is 7.20. The van der Waals surface area contributed by atoms with E-state index in [1.807, 2.05) is 0 Å². The lowest BCUT2D eigenvalue weighted by molar-refractivity contribution is 1.09. The van der Waals surface area contributed by atoms with Crippen LogP contribution in [0.25, 0.3) is 0 Å². The lowest BCUT2D eigenvalue weighted by Crippen LogP contribution is -2.81. The average Bonchev–Trinajstić information content (AvgIpc) is 3.07. The van der Waals surface area contributed by atoms with E-state index in [9.17, 15) is 0 Å². The second kappa shape index (κ2) is 11.4. The van der Waals surface area contributed by atoms with Crippen LogP contribution < -0.4 is 31.1 Å². The number of allylic oxidation sites excluding steroid dienone is 4. The molecule has 3 aromatic carbocycles. The molecule has 0 spiro atoms. The Kier molecular flexibility index (Phi) is 9.00. The second-order valence-electron chi connectivity index (χ2n) is 16.8. The van der Waals surface area contributed by atoms with Crippen molar-refractivity contribution in [2.75, 3.05) is 0 Å². The number of hydrogen-bond acceptors (Lipinski definition) is 0. The van der Waals surface area contributed by atoms with E-state index in [0.29, 0.717) is 5.54 Å². The molecular weight excluding hydrogens is 581 g/mol. The summed E-state index contributed by atoms with van der Waals surface area (Å²) in [7, 11) is -7.95. The maximum Gasteiger partial charge on any atom is 0.158 e. The summed E-state index contributed by atoms with van der Waals surface area (Å²) < 4.78 is 0. The smallest absolute Gasteiger partial charge is 0.0656 e. The molecule has 0 saturated carbocycles. The minimum atomic E-state index is -2.74. The molecular formula is C39H58Si4. The van der Waals surface area contributed by atoms with Crippen LogP contribution in [-0.2, 0) is 0 Å². The van der Waals surface area contributed by atoms with Gasteiger partial charge in [-0.25, -0.2) is 0 Å². The van der Waals surface area contributed by atoms with Crippen molar-refractivity contribution in [3.05, 3.63) is 93.6 Å². The van der Waals surface area contributed by atoms with E-state index in [0.717, 1.165) is 0 Å². The summed E-state index contributed by atoms with van der Waals surface area (Å²) in [6.45, 7) is 39.8. The predicted molar refractivity (Wildman–Crippen MR) is 208 cm³/mol. The fourth-order valence-electron chi connectivity index (χ4n) is 7.77. The Bertz CT molecular complexity index is 1450. The van der Waals surface area contributed by atoms with Gasteiger partial charge in [0.05, 0.1) is 24.2 Å². The SMILES string of the molecule is CC1=C(C)C([Si](c2ccc(C)cc2[Si](C)(C)C)(c2ccc(C)cc2[Si](C)(C)C)c2ccc(C)cc2[Si](C)(C)C)C(C)=C1C. The third-order valence-electron chi connectivity index (χ3n) is 10.3. The molecule has 1 aliphatic rings. The third kappa shape index (κ3) is 5.90. The maximum absolute atomic E-state index is 2.74. The van der Waals surface area contributed by atoms with E-state index < -0.39 is 32.3 Å². The van der Waals surface area contributed by atoms with E-state index in [1.165, 1.54) is 27.8 Å². The molecule has 1 aliphatic carbocycles. The van der Waals surface area contributed by atoms with Crippen molar-refractivity contribution in [3.63, 3.8) is 0 Å². The quantitative estimate of drug-likeness (QED) is 0.183. The van der Waals surface area contributed by atoms with Crippen LogP contribution in [0.1, 0.15) is 44.4 Å². The Morgan fingerprint density at radius 1 is 0.372 bits per heavy atom. The molecule has 0 heterocycles. The van der Waals surface area contributed by atoms with Gasteiger partial charge >= 0.3 is 0 Å². The topological polar surface area (TPSA) is 0 Å². The molecule has 0 amide bonds. The molecule has 230 valence electrons. The van der Waals surface area contributed by atoms with Gasteiger partial charge in [0.25, 0.3) is 0 Å². The lowest BCUT2D eigenvalue weighted by atomic mass is 10.1. The van der Waals surface area contributed by atoms with Crippen molar-refractivity contribution in [2.45, 2.75) is 113 Å². The van der Waals surface area contributed by atoms with E-state index >= 15 is 0 Å². The highest BCUT2D eigenvalue weighted by Crippen LogP contribution is 2.46. The van der Waals surface area contributed by atoms with Crippen molar-refractivity contribution in [1.29, 1.82) is 0 Å². The standard InChI is InChI=1S/C39H58Si4/c1-26-17-20-33(36(23-26)40(8,9)10)43(39-31(6)29(4)30(5)32(39)7,34-21-18-27(2)24-37(34)41(11,12)13)35-22-19-28(3)25-38(35)42(14,15)16/h17-25,39H,1-16H3. The van der Waals surface area contributed by atoms with Gasteiger partial charge < -0.3 is 0 Å². The Balaban J connectivity index is 2.47. The number of benzene rings is 3. The molecule has 0 aromatic heterocycles. The first-order valence-electron chi connectivity index (χ1n) is 16.3. The maximum atomic E-state index is 2.63. The van der Waals surface area contributed by atoms with Crippen molar-refractivity contribution < 1.29 is 0 Å². The predicted octanol–water partition coefficient (Wildman–Crippen LogP) is 7.77. The highest BCUT2D eigenvalue weighted by Gasteiger charge is 2.54. The van der Waals surface area contributed by atoms with Crippen LogP contribution in [0.3, 0.4) is 0 Å². The Morgan fingerprint density at radius 2 is 0.628 bits per heavy atom. The molecule has 0 saturated heterocycles. The molecule has 0 unspecified atom stereocenters. The van der Waals surface area contributed by atoms with Gasteiger partial charge in [-0.1, -0.05) is 157 Å². The Morgan fingerprint density at radius 3 is 0.860 bits per heavy atom. The van der Waals surface area contributed by atoms with E-state index in [2.05, 4.69) is 162 Å². The number of aryl methyl sites for hydroxylation is 3. The van der Waals surface area contributed by atoms with E-state index in [-0.39, 0.29) is 0 Å². The van der Waals surface area contributed by atoms with Crippen LogP contribution in [0.4, 0.5) is 0 Å². The van der Waals surface area contributed by atoms with Gasteiger partial charge in [-0.05, 0) is 75.2 Å². The summed E-state index contributed by atoms with van der Waals surface area (Å²) in [4.78, 5) is 0. The van der Waals surface area contributed by atoms with Crippen LogP contribution in [0, 0.1) is 20.8 Å². The largest absolute Gasteiger partial charge is 0.158 e. The number of rotatable bonds is 7. The molecule has 0 atom stereocenters. The fraction of sp³-hybridized carbons (Fsp3) is 0.436. The summed E-state index contributed by atoms with van der Waals surface area (Å²) in [5.41, 5.74) is 10.8. The van der Waals surface area contributed by atoms with Crippen LogP contribution >= 0.6 is 0 Å². The average molecular weight is 639 g/mol. The van der Waals surface area contributed by atoms with Crippen molar-refractivity contribution in [1.82, 2.24) is 0 Å². The molecule has 0 nitrogen and oxygen atoms in total. The molecule has 0 radical (unpaired) electrons. The van der Waals surface area contributed by atoms with Gasteiger partial charge in [0.2, 0.25) is 0 Å². The zero-order valence-corrected chi connectivity index (χ0v) is 34.3. The molecule has 4 heteroatoms. The monoisotopic (exact) mass is 638 g/mol. The van der Waals surface area contributed by atoms with Gasteiger partial charge in [-0.3, -0.25) is 0 Å². The summed E-state index contributed by atoms with van der Waals surface area (Å²) >= 11 is 0. The van der Waals surface area contributed by atoms with Crippen molar-refractivity contribution >= 4 is 63.4 Å². The minimum absolute atomic E-state index is 0.404. The van der Waals surface area contributed by atoms with Gasteiger partial charge in [-0.2, -0.15) is 0 Å². The minimum Gasteiger partial charge on any atom is -0.0656 e. The van der Waals surface area contributed by atoms with E-state index in [1.54, 1.807) is 42.3 Å². The highest BCUT2D eigenvalue weighted by atomic mass is 28.3. The van der Waals surface area contributed by atoms with Crippen LogP contribution in [0.2, 0.25) is 64.5 Å². The molecule has 0 fully saturated rings. The van der Waals surface area contributed by atoms with Gasteiger partial charge in [0.15, 0.2) is 8.07 Å². The third-order valence-corrected chi connectivity index (χ3v) is 22.7. The van der Waals surface area contributed by atoms with Crippen LogP contribution in [-0.4, -0.2) is 32.3 Å². The summed E-state index contributed by atoms with van der Waals surface area (Å²) in [6.07, 6.45) is 0. The van der Waals surface area contributed by atoms with Crippen LogP contribution in [0.15, 0.2) is 76.9 Å². The second-order valence-corrected chi connectivity index (χ2v) is 35.7. The molecule has 43 heavy (non-hydrogen) atoms. The zero-order chi connectivity index (χ0) is 32.4. The van der Waals surface area contributed by atoms with Gasteiger partial charge in [-0.15, -0.1) is 0 Å². The molecule has 0 aliphatic heterocycles. The van der Waals surface area contributed by atoms with Crippen molar-refractivity contribution in [2.24, 2.45) is 0 Å². The molecule has 3 aromatic rings. The lowest BCUT2D eigenvalue weighted by Gasteiger charge is -2.47. The van der Waals surface area contributed by atoms with Crippen molar-refractivity contribution in [3.8, 4) is 0 Å².